The average Bonchev–Trinajstić information content (AvgIpc) is 3.28. The van der Waals surface area contributed by atoms with E-state index in [9.17, 15) is 14.0 Å². The highest BCUT2D eigenvalue weighted by atomic mass is 35.5. The van der Waals surface area contributed by atoms with Gasteiger partial charge in [-0.3, -0.25) is 19.6 Å². The van der Waals surface area contributed by atoms with E-state index in [4.69, 9.17) is 21.3 Å². The molecule has 1 saturated heterocycles. The van der Waals surface area contributed by atoms with Crippen molar-refractivity contribution in [2.45, 2.75) is 25.9 Å². The van der Waals surface area contributed by atoms with Gasteiger partial charge in [0.15, 0.2) is 0 Å². The molecule has 6 rings (SSSR count). The van der Waals surface area contributed by atoms with Gasteiger partial charge in [-0.2, -0.15) is 0 Å². The SMILES string of the molecule is COc1ccc(F)cc1C1=NC(c2ccc(Cl)cc2)C2N1C(=O)N1CC(=O)NC3=C1C2(C)C=C(F)C3C. The predicted molar refractivity (Wildman–Crippen MR) is 133 cm³/mol. The molecule has 2 aromatic rings. The fourth-order valence-electron chi connectivity index (χ4n) is 5.96. The Bertz CT molecular complexity index is 1450. The van der Waals surface area contributed by atoms with Crippen molar-refractivity contribution >= 4 is 29.4 Å². The summed E-state index contributed by atoms with van der Waals surface area (Å²) >= 11 is 6.14. The number of hydrogen-bond donors (Lipinski definition) is 1. The number of ether oxygens (including phenoxy) is 1. The standard InChI is InChI=1S/C27H23ClF2N4O3/c1-13-18(30)11-27(2)23-21(13)31-20(35)12-33(23)26(36)34-24(27)22(14-4-6-15(28)7-5-14)32-25(34)17-10-16(29)8-9-19(17)37-3/h4-11,13,22,24H,12H2,1-3H3,(H,31,35). The molecule has 0 saturated carbocycles. The number of carbonyl (C=O) groups excluding carboxylic acids is 2. The van der Waals surface area contributed by atoms with Crippen molar-refractivity contribution < 1.29 is 23.1 Å². The van der Waals surface area contributed by atoms with Crippen molar-refractivity contribution in [1.82, 2.24) is 15.1 Å². The lowest BCUT2D eigenvalue weighted by atomic mass is 9.67. The molecule has 4 unspecified atom stereocenters. The number of rotatable bonds is 3. The number of urea groups is 1. The summed E-state index contributed by atoms with van der Waals surface area (Å²) in [7, 11) is 1.45. The average molecular weight is 525 g/mol. The first kappa shape index (κ1) is 23.7. The molecule has 2 aromatic carbocycles. The number of aliphatic imine (C=N–C) groups is 1. The van der Waals surface area contributed by atoms with Gasteiger partial charge in [0, 0.05) is 16.6 Å². The molecule has 10 heteroatoms. The zero-order valence-electron chi connectivity index (χ0n) is 20.3. The third kappa shape index (κ3) is 3.33. The van der Waals surface area contributed by atoms with Crippen molar-refractivity contribution in [3.8, 4) is 5.75 Å². The molecule has 1 N–H and O–H groups in total. The summed E-state index contributed by atoms with van der Waals surface area (Å²) in [4.78, 5) is 34.5. The molecule has 3 heterocycles. The first-order chi connectivity index (χ1) is 17.6. The van der Waals surface area contributed by atoms with Crippen LogP contribution in [0.15, 0.2) is 70.8 Å². The van der Waals surface area contributed by atoms with E-state index in [0.29, 0.717) is 22.2 Å². The summed E-state index contributed by atoms with van der Waals surface area (Å²) in [5.74, 6) is -1.56. The Hall–Kier alpha value is -3.72. The van der Waals surface area contributed by atoms with Crippen LogP contribution in [0.25, 0.3) is 0 Å². The van der Waals surface area contributed by atoms with E-state index in [1.165, 1.54) is 41.2 Å². The van der Waals surface area contributed by atoms with Crippen LogP contribution in [0.3, 0.4) is 0 Å². The molecule has 1 aliphatic carbocycles. The fraction of sp³-hybridized carbons (Fsp3) is 0.296. The van der Waals surface area contributed by atoms with Gasteiger partial charge < -0.3 is 10.1 Å². The zero-order chi connectivity index (χ0) is 26.2. The molecular formula is C27H23ClF2N4O3. The van der Waals surface area contributed by atoms with Crippen molar-refractivity contribution in [1.29, 1.82) is 0 Å². The van der Waals surface area contributed by atoms with Crippen LogP contribution in [0.5, 0.6) is 5.75 Å². The lowest BCUT2D eigenvalue weighted by Crippen LogP contribution is -2.66. The second kappa shape index (κ2) is 8.14. The van der Waals surface area contributed by atoms with Crippen LogP contribution >= 0.6 is 11.6 Å². The summed E-state index contributed by atoms with van der Waals surface area (Å²) in [5, 5.41) is 3.34. The smallest absolute Gasteiger partial charge is 0.330 e. The van der Waals surface area contributed by atoms with E-state index in [-0.39, 0.29) is 17.9 Å². The number of amides is 3. The molecule has 4 aliphatic rings. The van der Waals surface area contributed by atoms with Crippen LogP contribution in [-0.4, -0.2) is 47.3 Å². The van der Waals surface area contributed by atoms with E-state index in [1.54, 1.807) is 19.1 Å². The molecule has 0 spiro atoms. The Balaban J connectivity index is 1.63. The zero-order valence-corrected chi connectivity index (χ0v) is 21.0. The van der Waals surface area contributed by atoms with E-state index in [0.717, 1.165) is 5.56 Å². The monoisotopic (exact) mass is 524 g/mol. The van der Waals surface area contributed by atoms with Gasteiger partial charge >= 0.3 is 6.03 Å². The van der Waals surface area contributed by atoms with Gasteiger partial charge in [-0.05, 0) is 48.9 Å². The number of allylic oxidation sites excluding steroid dienone is 1. The molecule has 37 heavy (non-hydrogen) atoms. The summed E-state index contributed by atoms with van der Waals surface area (Å²) in [5.41, 5.74) is 0.890. The minimum Gasteiger partial charge on any atom is -0.496 e. The first-order valence-electron chi connectivity index (χ1n) is 11.8. The van der Waals surface area contributed by atoms with Crippen molar-refractivity contribution in [2.24, 2.45) is 16.3 Å². The quantitative estimate of drug-likeness (QED) is 0.617. The second-order valence-electron chi connectivity index (χ2n) is 9.82. The fourth-order valence-corrected chi connectivity index (χ4v) is 6.09. The topological polar surface area (TPSA) is 74.2 Å². The predicted octanol–water partition coefficient (Wildman–Crippen LogP) is 4.95. The van der Waals surface area contributed by atoms with Crippen LogP contribution in [0.2, 0.25) is 5.02 Å². The van der Waals surface area contributed by atoms with Crippen LogP contribution in [0, 0.1) is 17.2 Å². The number of carbonyl (C=O) groups is 2. The lowest BCUT2D eigenvalue weighted by Gasteiger charge is -2.54. The number of nitrogens with zero attached hydrogens (tertiary/aromatic N) is 3. The van der Waals surface area contributed by atoms with Crippen LogP contribution in [-0.2, 0) is 4.79 Å². The number of nitrogens with one attached hydrogen (secondary N) is 1. The first-order valence-corrected chi connectivity index (χ1v) is 12.2. The molecule has 0 aromatic heterocycles. The highest BCUT2D eigenvalue weighted by Crippen LogP contribution is 2.56. The van der Waals surface area contributed by atoms with E-state index >= 15 is 4.39 Å². The van der Waals surface area contributed by atoms with E-state index < -0.39 is 47.0 Å². The minimum atomic E-state index is -1.07. The Morgan fingerprint density at radius 1 is 1.16 bits per heavy atom. The van der Waals surface area contributed by atoms with Crippen LogP contribution in [0.4, 0.5) is 13.6 Å². The third-order valence-corrected chi connectivity index (χ3v) is 7.88. The van der Waals surface area contributed by atoms with Crippen molar-refractivity contribution in [2.75, 3.05) is 13.7 Å². The van der Waals surface area contributed by atoms with Gasteiger partial charge in [-0.1, -0.05) is 30.7 Å². The van der Waals surface area contributed by atoms with Crippen molar-refractivity contribution in [3.05, 3.63) is 87.7 Å². The normalized spacial score (nSPS) is 28.4. The summed E-state index contributed by atoms with van der Waals surface area (Å²) in [6, 6.07) is 9.21. The molecule has 1 fully saturated rings. The van der Waals surface area contributed by atoms with Crippen molar-refractivity contribution in [3.63, 3.8) is 0 Å². The molecule has 0 radical (unpaired) electrons. The number of benzene rings is 2. The Morgan fingerprint density at radius 3 is 2.59 bits per heavy atom. The maximum absolute atomic E-state index is 15.5. The Kier molecular flexibility index (Phi) is 5.21. The highest BCUT2D eigenvalue weighted by Gasteiger charge is 2.61. The Labute approximate surface area is 217 Å². The van der Waals surface area contributed by atoms with Crippen LogP contribution < -0.4 is 10.1 Å². The summed E-state index contributed by atoms with van der Waals surface area (Å²) < 4.78 is 35.4. The largest absolute Gasteiger partial charge is 0.496 e. The number of methoxy groups -OCH3 is 1. The summed E-state index contributed by atoms with van der Waals surface area (Å²) in [6.45, 7) is 3.27. The molecule has 3 amide bonds. The highest BCUT2D eigenvalue weighted by molar-refractivity contribution is 6.30. The van der Waals surface area contributed by atoms with E-state index in [1.807, 2.05) is 19.1 Å². The van der Waals surface area contributed by atoms with Gasteiger partial charge in [-0.15, -0.1) is 0 Å². The van der Waals surface area contributed by atoms with Crippen LogP contribution in [0.1, 0.15) is 31.0 Å². The van der Waals surface area contributed by atoms with Gasteiger partial charge in [0.05, 0.1) is 35.9 Å². The maximum atomic E-state index is 15.5. The molecule has 4 atom stereocenters. The molecular weight excluding hydrogens is 502 g/mol. The number of amidine groups is 1. The molecule has 3 aliphatic heterocycles. The maximum Gasteiger partial charge on any atom is 0.330 e. The molecule has 7 nitrogen and oxygen atoms in total. The second-order valence-corrected chi connectivity index (χ2v) is 10.3. The van der Waals surface area contributed by atoms with Gasteiger partial charge in [-0.25, -0.2) is 13.6 Å². The van der Waals surface area contributed by atoms with Gasteiger partial charge in [0.2, 0.25) is 5.91 Å². The lowest BCUT2D eigenvalue weighted by molar-refractivity contribution is -0.122. The molecule has 0 bridgehead atoms. The van der Waals surface area contributed by atoms with Gasteiger partial charge in [0.1, 0.15) is 29.8 Å². The third-order valence-electron chi connectivity index (χ3n) is 7.63. The summed E-state index contributed by atoms with van der Waals surface area (Å²) in [6.07, 6.45) is 1.52. The molecule has 190 valence electrons. The minimum absolute atomic E-state index is 0.187. The number of fused-ring (bicyclic) bond motifs is 2. The van der Waals surface area contributed by atoms with Gasteiger partial charge in [0.25, 0.3) is 0 Å². The van der Waals surface area contributed by atoms with E-state index in [2.05, 4.69) is 5.32 Å². The number of hydrogen-bond acceptors (Lipinski definition) is 4. The Morgan fingerprint density at radius 2 is 1.89 bits per heavy atom. The number of halogens is 3.